The summed E-state index contributed by atoms with van der Waals surface area (Å²) in [6.45, 7) is 0. The van der Waals surface area contributed by atoms with Crippen molar-refractivity contribution in [3.63, 3.8) is 0 Å². The third-order valence-electron chi connectivity index (χ3n) is 4.54. The van der Waals surface area contributed by atoms with Crippen molar-refractivity contribution in [1.29, 1.82) is 0 Å². The molecular formula is C20H8ClI4NaO5+2. The maximum atomic E-state index is 12.1. The Morgan fingerprint density at radius 1 is 0.903 bits per heavy atom. The van der Waals surface area contributed by atoms with Crippen LogP contribution in [-0.2, 0) is 0 Å². The predicted octanol–water partition coefficient (Wildman–Crippen LogP) is 4.72. The van der Waals surface area contributed by atoms with Crippen LogP contribution in [-0.4, -0.2) is 21.3 Å². The van der Waals surface area contributed by atoms with Crippen LogP contribution in [0.2, 0.25) is 5.02 Å². The topological polar surface area (TPSA) is 89.1 Å². The van der Waals surface area contributed by atoms with Crippen molar-refractivity contribution in [2.45, 2.75) is 0 Å². The summed E-state index contributed by atoms with van der Waals surface area (Å²) in [5.74, 6) is -0.997. The minimum atomic E-state index is -1.15. The Hall–Kier alpha value is 0.610. The summed E-state index contributed by atoms with van der Waals surface area (Å²) in [7, 11) is 0. The molecule has 0 fully saturated rings. The molecule has 11 heteroatoms. The fraction of sp³-hybridized carbons (Fsp3) is 0. The number of aromatic hydroxyl groups is 2. The fourth-order valence-corrected chi connectivity index (χ4v) is 7.07. The Balaban J connectivity index is 0.00000272. The Kier molecular flexibility index (Phi) is 8.52. The number of fused-ring (bicyclic) bond motifs is 2. The van der Waals surface area contributed by atoms with Crippen molar-refractivity contribution < 1.29 is 54.1 Å². The van der Waals surface area contributed by atoms with Crippen LogP contribution in [0.25, 0.3) is 33.1 Å². The van der Waals surface area contributed by atoms with Crippen molar-refractivity contribution in [2.75, 3.05) is 0 Å². The van der Waals surface area contributed by atoms with Gasteiger partial charge in [-0.1, -0.05) is 23.7 Å². The van der Waals surface area contributed by atoms with Gasteiger partial charge >= 0.3 is 46.7 Å². The summed E-state index contributed by atoms with van der Waals surface area (Å²) in [6.07, 6.45) is 0. The molecule has 1 aromatic heterocycles. The first-order valence-corrected chi connectivity index (χ1v) is 12.8. The first-order valence-electron chi connectivity index (χ1n) is 8.13. The van der Waals surface area contributed by atoms with Gasteiger partial charge < -0.3 is 15.3 Å². The maximum Gasteiger partial charge on any atom is 1.00 e. The maximum absolute atomic E-state index is 12.1. The number of carboxylic acid groups (broad SMARTS) is 1. The average Bonchev–Trinajstić information content (AvgIpc) is 2.69. The molecule has 4 aromatic rings. The molecular weight excluding hydrogens is 886 g/mol. The van der Waals surface area contributed by atoms with Crippen LogP contribution >= 0.6 is 102 Å². The molecule has 0 amide bonds. The average molecular weight is 894 g/mol. The van der Waals surface area contributed by atoms with E-state index in [-0.39, 0.29) is 51.6 Å². The molecule has 152 valence electrons. The van der Waals surface area contributed by atoms with Gasteiger partial charge in [-0.25, -0.2) is 9.21 Å². The molecule has 0 bridgehead atoms. The smallest absolute Gasteiger partial charge is 0.505 e. The van der Waals surface area contributed by atoms with Gasteiger partial charge in [0.2, 0.25) is 0 Å². The van der Waals surface area contributed by atoms with Crippen LogP contribution in [0.1, 0.15) is 10.4 Å². The molecule has 0 saturated heterocycles. The van der Waals surface area contributed by atoms with Crippen LogP contribution in [0.5, 0.6) is 11.5 Å². The van der Waals surface area contributed by atoms with Crippen LogP contribution < -0.4 is 29.6 Å². The van der Waals surface area contributed by atoms with E-state index in [2.05, 4.69) is 0 Å². The Bertz CT molecular complexity index is 1340. The quantitative estimate of drug-likeness (QED) is 0.118. The number of halogens is 5. The molecule has 0 spiro atoms. The molecule has 0 aliphatic carbocycles. The molecule has 0 unspecified atom stereocenters. The number of rotatable bonds is 2. The minimum absolute atomic E-state index is 0. The Morgan fingerprint density at radius 2 is 1.39 bits per heavy atom. The number of benzene rings is 3. The molecule has 1 heterocycles. The number of phenolic OH excluding ortho intramolecular Hbond substituents is 2. The van der Waals surface area contributed by atoms with E-state index in [1.165, 1.54) is 6.07 Å². The summed E-state index contributed by atoms with van der Waals surface area (Å²) >= 11 is 14.3. The van der Waals surface area contributed by atoms with Crippen LogP contribution in [0.3, 0.4) is 0 Å². The number of phenols is 2. The number of carboxylic acids is 1. The summed E-state index contributed by atoms with van der Waals surface area (Å²) in [6, 6.07) is 8.43. The van der Waals surface area contributed by atoms with Crippen molar-refractivity contribution in [3.8, 4) is 22.6 Å². The van der Waals surface area contributed by atoms with E-state index in [0.29, 0.717) is 47.3 Å². The van der Waals surface area contributed by atoms with Gasteiger partial charge in [0.1, 0.15) is 0 Å². The second-order valence-electron chi connectivity index (χ2n) is 6.24. The van der Waals surface area contributed by atoms with Crippen LogP contribution in [0.4, 0.5) is 0 Å². The second kappa shape index (κ2) is 10.1. The Labute approximate surface area is 257 Å². The first-order chi connectivity index (χ1) is 14.1. The van der Waals surface area contributed by atoms with Gasteiger partial charge in [0, 0.05) is 5.56 Å². The molecule has 0 saturated carbocycles. The normalized spacial score (nSPS) is 11.0. The SMILES string of the molecule is O=C(O)c1c(Cl)cccc1-c1c2cc(I)c(O)c(I)c2[o+]c2c(I)c(O)c(I)cc12.[Na+]. The number of hydrogen-bond acceptors (Lipinski definition) is 3. The van der Waals surface area contributed by atoms with Crippen LogP contribution in [0.15, 0.2) is 34.7 Å². The third kappa shape index (κ3) is 4.50. The van der Waals surface area contributed by atoms with Crippen molar-refractivity contribution in [3.05, 3.63) is 55.2 Å². The molecule has 0 atom stereocenters. The van der Waals surface area contributed by atoms with Gasteiger partial charge in [0.05, 0.1) is 28.5 Å². The van der Waals surface area contributed by atoms with Crippen molar-refractivity contribution in [1.82, 2.24) is 0 Å². The van der Waals surface area contributed by atoms with Gasteiger partial charge in [0.25, 0.3) is 0 Å². The van der Waals surface area contributed by atoms with E-state index < -0.39 is 5.97 Å². The molecule has 0 radical (unpaired) electrons. The molecule has 0 aliphatic heterocycles. The minimum Gasteiger partial charge on any atom is -0.505 e. The number of carbonyl (C=O) groups is 1. The van der Waals surface area contributed by atoms with E-state index in [9.17, 15) is 20.1 Å². The standard InChI is InChI=1S/C20H7ClI4O5.Na/c21-9-3-1-2-6(13(9)20(28)29)12-7-4-10(22)16(26)14(24)18(7)30-19-8(12)5-11(23)17(27)15(19)25;/h1-5H,(H2-,26,27,28,29);/q;+1/p+1. The van der Waals surface area contributed by atoms with E-state index in [4.69, 9.17) is 16.0 Å². The Morgan fingerprint density at radius 3 is 1.84 bits per heavy atom. The zero-order valence-electron chi connectivity index (χ0n) is 15.4. The molecule has 31 heavy (non-hydrogen) atoms. The van der Waals surface area contributed by atoms with Crippen LogP contribution in [0, 0.1) is 14.3 Å². The summed E-state index contributed by atoms with van der Waals surface area (Å²) in [5.41, 5.74) is 1.80. The largest absolute Gasteiger partial charge is 1.00 e. The summed E-state index contributed by atoms with van der Waals surface area (Å²) in [5, 5.41) is 32.2. The predicted molar refractivity (Wildman–Crippen MR) is 150 cm³/mol. The third-order valence-corrected chi connectivity index (χ3v) is 8.50. The van der Waals surface area contributed by atoms with E-state index >= 15 is 0 Å². The van der Waals surface area contributed by atoms with Gasteiger partial charge in [-0.2, -0.15) is 0 Å². The molecule has 4 rings (SSSR count). The molecule has 5 nitrogen and oxygen atoms in total. The fourth-order valence-electron chi connectivity index (χ4n) is 3.24. The number of aromatic carboxylic acids is 1. The molecule has 3 N–H and O–H groups in total. The van der Waals surface area contributed by atoms with Gasteiger partial charge in [-0.05, 0) is 114 Å². The van der Waals surface area contributed by atoms with Gasteiger partial charge in [0.15, 0.2) is 18.6 Å². The van der Waals surface area contributed by atoms with Gasteiger partial charge in [-0.3, -0.25) is 0 Å². The van der Waals surface area contributed by atoms with E-state index in [1.807, 2.05) is 90.4 Å². The molecule has 0 aliphatic rings. The zero-order chi connectivity index (χ0) is 21.9. The van der Waals surface area contributed by atoms with Crippen molar-refractivity contribution in [2.24, 2.45) is 0 Å². The first kappa shape index (κ1) is 26.2. The summed E-state index contributed by atoms with van der Waals surface area (Å²) < 4.78 is 8.33. The summed E-state index contributed by atoms with van der Waals surface area (Å²) in [4.78, 5) is 12.1. The monoisotopic (exact) mass is 894 g/mol. The van der Waals surface area contributed by atoms with Crippen molar-refractivity contribution >= 4 is 130 Å². The van der Waals surface area contributed by atoms with Gasteiger partial charge in [-0.15, -0.1) is 0 Å². The molecule has 3 aromatic carbocycles. The van der Waals surface area contributed by atoms with E-state index in [0.717, 1.165) is 0 Å². The second-order valence-corrected chi connectivity index (χ2v) is 11.1. The number of hydrogen-bond donors (Lipinski definition) is 3. The zero-order valence-corrected chi connectivity index (χ0v) is 26.8. The van der Waals surface area contributed by atoms with E-state index in [1.54, 1.807) is 24.3 Å².